The zero-order valence-electron chi connectivity index (χ0n) is 15.7. The monoisotopic (exact) mass is 369 g/mol. The summed E-state index contributed by atoms with van der Waals surface area (Å²) in [5, 5.41) is 11.9. The van der Waals surface area contributed by atoms with Crippen molar-refractivity contribution in [1.29, 1.82) is 0 Å². The Morgan fingerprint density at radius 1 is 1.37 bits per heavy atom. The maximum Gasteiger partial charge on any atom is 0.351 e. The molecule has 0 spiro atoms. The molecule has 2 aromatic rings. The van der Waals surface area contributed by atoms with Gasteiger partial charge in [-0.1, -0.05) is 26.0 Å². The number of ketones is 1. The van der Waals surface area contributed by atoms with Crippen molar-refractivity contribution < 1.29 is 23.8 Å². The lowest BCUT2D eigenvalue weighted by molar-refractivity contribution is -0.132. The normalized spacial score (nSPS) is 16.0. The van der Waals surface area contributed by atoms with Crippen molar-refractivity contribution in [2.45, 2.75) is 40.2 Å². The Bertz CT molecular complexity index is 907. The molecule has 0 aliphatic heterocycles. The Hall–Kier alpha value is -3.02. The van der Waals surface area contributed by atoms with Crippen molar-refractivity contribution in [3.8, 4) is 5.75 Å². The van der Waals surface area contributed by atoms with E-state index in [1.807, 2.05) is 0 Å². The van der Waals surface area contributed by atoms with Gasteiger partial charge < -0.3 is 19.6 Å². The summed E-state index contributed by atoms with van der Waals surface area (Å²) in [5.41, 5.74) is 1.99. The molecule has 0 saturated carbocycles. The molecular formula is C21H23NO5. The molecule has 1 aromatic heterocycles. The van der Waals surface area contributed by atoms with E-state index in [1.54, 1.807) is 37.5 Å². The summed E-state index contributed by atoms with van der Waals surface area (Å²) < 4.78 is 11.4. The minimum Gasteiger partial charge on any atom is -0.489 e. The number of ether oxygens (including phenoxy) is 1. The zero-order chi connectivity index (χ0) is 19.6. The minimum absolute atomic E-state index is 0.0863. The van der Waals surface area contributed by atoms with Gasteiger partial charge >= 0.3 is 5.97 Å². The number of carbonyl (C=O) groups is 2. The summed E-state index contributed by atoms with van der Waals surface area (Å²) >= 11 is 0. The van der Waals surface area contributed by atoms with Crippen molar-refractivity contribution in [1.82, 2.24) is 0 Å². The van der Waals surface area contributed by atoms with Gasteiger partial charge in [-0.2, -0.15) is 0 Å². The number of hydrogen-bond acceptors (Lipinski definition) is 5. The number of aliphatic carboxylic acids is 1. The molecule has 0 radical (unpaired) electrons. The Balaban J connectivity index is 1.72. The van der Waals surface area contributed by atoms with E-state index in [0.29, 0.717) is 23.4 Å². The number of furan rings is 1. The van der Waals surface area contributed by atoms with Gasteiger partial charge in [-0.3, -0.25) is 4.79 Å². The number of Topliss-reactive ketones (excluding diaryl/α,β-unsaturated/α-hetero) is 1. The number of carboxylic acid groups (broad SMARTS) is 1. The van der Waals surface area contributed by atoms with Gasteiger partial charge in [-0.15, -0.1) is 0 Å². The first kappa shape index (κ1) is 18.8. The molecule has 1 aliphatic rings. The number of hydrogen-bond donors (Lipinski definition) is 2. The maximum atomic E-state index is 12.5. The predicted molar refractivity (Wildman–Crippen MR) is 101 cm³/mol. The lowest BCUT2D eigenvalue weighted by atomic mass is 9.76. The van der Waals surface area contributed by atoms with Gasteiger partial charge in [0.25, 0.3) is 0 Å². The van der Waals surface area contributed by atoms with Crippen LogP contribution in [0.5, 0.6) is 5.75 Å². The van der Waals surface area contributed by atoms with Gasteiger partial charge in [0.2, 0.25) is 0 Å². The molecule has 0 bridgehead atoms. The average Bonchev–Trinajstić information content (AvgIpc) is 2.99. The highest BCUT2D eigenvalue weighted by atomic mass is 16.5. The lowest BCUT2D eigenvalue weighted by Crippen LogP contribution is -2.26. The Labute approximate surface area is 157 Å². The van der Waals surface area contributed by atoms with Crippen LogP contribution in [0.4, 0.5) is 5.69 Å². The number of allylic oxidation sites excluding steroid dienone is 1. The first-order chi connectivity index (χ1) is 12.8. The van der Waals surface area contributed by atoms with Crippen LogP contribution in [0.3, 0.4) is 0 Å². The molecule has 6 nitrogen and oxygen atoms in total. The number of benzene rings is 1. The van der Waals surface area contributed by atoms with Gasteiger partial charge in [0.15, 0.2) is 5.78 Å². The summed E-state index contributed by atoms with van der Waals surface area (Å²) in [6.45, 7) is 5.98. The number of carboxylic acids is 1. The third-order valence-electron chi connectivity index (χ3n) is 4.53. The highest BCUT2D eigenvalue weighted by Gasteiger charge is 2.35. The summed E-state index contributed by atoms with van der Waals surface area (Å²) in [6.07, 6.45) is 4.30. The largest absolute Gasteiger partial charge is 0.489 e. The van der Waals surface area contributed by atoms with Crippen LogP contribution in [0.25, 0.3) is 0 Å². The zero-order valence-corrected chi connectivity index (χ0v) is 15.7. The van der Waals surface area contributed by atoms with Crippen molar-refractivity contribution in [2.24, 2.45) is 5.41 Å². The summed E-state index contributed by atoms with van der Waals surface area (Å²) in [5.74, 6) is 0.349. The SMILES string of the molecule is C/C=C(\Nc1cccc(OCc2coc3c2C(=O)CC(C)(C)C3)c1)C(=O)O. The van der Waals surface area contributed by atoms with Gasteiger partial charge in [-0.05, 0) is 24.5 Å². The molecule has 1 aromatic carbocycles. The number of nitrogens with one attached hydrogen (secondary N) is 1. The predicted octanol–water partition coefficient (Wildman–Crippen LogP) is 4.41. The second kappa shape index (κ2) is 7.31. The Morgan fingerprint density at radius 2 is 2.15 bits per heavy atom. The van der Waals surface area contributed by atoms with E-state index in [2.05, 4.69) is 19.2 Å². The van der Waals surface area contributed by atoms with Crippen molar-refractivity contribution in [3.63, 3.8) is 0 Å². The van der Waals surface area contributed by atoms with Crippen LogP contribution < -0.4 is 10.1 Å². The molecule has 27 heavy (non-hydrogen) atoms. The standard InChI is InChI=1S/C21H23NO5/c1-4-16(20(24)25)22-14-6-5-7-15(8-14)26-11-13-12-27-18-10-21(2,3)9-17(23)19(13)18/h4-8,12,22H,9-11H2,1-3H3,(H,24,25)/b16-4-. The highest BCUT2D eigenvalue weighted by Crippen LogP contribution is 2.37. The van der Waals surface area contributed by atoms with E-state index in [4.69, 9.17) is 14.3 Å². The molecule has 142 valence electrons. The molecule has 2 N–H and O–H groups in total. The van der Waals surface area contributed by atoms with Gasteiger partial charge in [0.1, 0.15) is 23.8 Å². The minimum atomic E-state index is -1.03. The van der Waals surface area contributed by atoms with E-state index >= 15 is 0 Å². The van der Waals surface area contributed by atoms with E-state index < -0.39 is 5.97 Å². The molecule has 0 saturated heterocycles. The van der Waals surface area contributed by atoms with Gasteiger partial charge in [-0.25, -0.2) is 4.79 Å². The molecule has 1 heterocycles. The number of anilines is 1. The van der Waals surface area contributed by atoms with E-state index in [9.17, 15) is 9.59 Å². The molecule has 0 amide bonds. The summed E-state index contributed by atoms with van der Waals surface area (Å²) in [7, 11) is 0. The third kappa shape index (κ3) is 4.22. The fourth-order valence-corrected chi connectivity index (χ4v) is 3.26. The number of carbonyl (C=O) groups excluding carboxylic acids is 1. The maximum absolute atomic E-state index is 12.5. The summed E-state index contributed by atoms with van der Waals surface area (Å²) in [6, 6.07) is 7.01. The van der Waals surface area contributed by atoms with Crippen LogP contribution >= 0.6 is 0 Å². The molecule has 3 rings (SSSR count). The van der Waals surface area contributed by atoms with Crippen LogP contribution in [-0.2, 0) is 17.8 Å². The van der Waals surface area contributed by atoms with E-state index in [0.717, 1.165) is 17.7 Å². The molecule has 0 fully saturated rings. The number of rotatable bonds is 6. The smallest absolute Gasteiger partial charge is 0.351 e. The first-order valence-electron chi connectivity index (χ1n) is 8.81. The molecule has 6 heteroatoms. The topological polar surface area (TPSA) is 88.8 Å². The third-order valence-corrected chi connectivity index (χ3v) is 4.53. The second-order valence-electron chi connectivity index (χ2n) is 7.45. The second-order valence-corrected chi connectivity index (χ2v) is 7.45. The van der Waals surface area contributed by atoms with Crippen LogP contribution in [0, 0.1) is 5.41 Å². The first-order valence-corrected chi connectivity index (χ1v) is 8.81. The van der Waals surface area contributed by atoms with Crippen LogP contribution in [-0.4, -0.2) is 16.9 Å². The lowest BCUT2D eigenvalue weighted by Gasteiger charge is -2.27. The average molecular weight is 369 g/mol. The highest BCUT2D eigenvalue weighted by molar-refractivity contribution is 5.99. The quantitative estimate of drug-likeness (QED) is 0.733. The van der Waals surface area contributed by atoms with Crippen LogP contribution in [0.2, 0.25) is 0 Å². The van der Waals surface area contributed by atoms with E-state index in [-0.39, 0.29) is 23.5 Å². The molecular weight excluding hydrogens is 346 g/mol. The number of fused-ring (bicyclic) bond motifs is 1. The van der Waals surface area contributed by atoms with Crippen molar-refractivity contribution >= 4 is 17.4 Å². The summed E-state index contributed by atoms with van der Waals surface area (Å²) in [4.78, 5) is 23.6. The fraction of sp³-hybridized carbons (Fsp3) is 0.333. The van der Waals surface area contributed by atoms with E-state index in [1.165, 1.54) is 6.08 Å². The van der Waals surface area contributed by atoms with Crippen molar-refractivity contribution in [3.05, 3.63) is 59.2 Å². The van der Waals surface area contributed by atoms with Crippen molar-refractivity contribution in [2.75, 3.05) is 5.32 Å². The van der Waals surface area contributed by atoms with Crippen LogP contribution in [0.15, 0.2) is 46.7 Å². The van der Waals surface area contributed by atoms with Gasteiger partial charge in [0.05, 0.1) is 11.8 Å². The van der Waals surface area contributed by atoms with Gasteiger partial charge in [0, 0.05) is 30.2 Å². The fourth-order valence-electron chi connectivity index (χ4n) is 3.26. The Kier molecular flexibility index (Phi) is 5.08. The van der Waals surface area contributed by atoms with Crippen LogP contribution in [0.1, 0.15) is 48.9 Å². The molecule has 1 aliphatic carbocycles. The molecule has 0 atom stereocenters. The molecule has 0 unspecified atom stereocenters. The Morgan fingerprint density at radius 3 is 2.85 bits per heavy atom.